The SMILES string of the molecule is CC1Cc2c([nH]c3ccccc23)C(c2ncc(NC3CCN(CCCF)C3)cc2OC(F)F)N1CC(F)(F)F. The molecule has 2 aliphatic rings. The lowest BCUT2D eigenvalue weighted by atomic mass is 9.90. The standard InChI is InChI=1S/C27H31F6N5O/c1-16-11-20-19-5-2-3-6-21(19)36-23(20)25(38(16)15-27(31,32)33)24-22(39-26(29)30)12-18(13-34-24)35-17-7-10-37(14-17)9-4-8-28/h2-3,5-6,12-13,16-17,25-26,35-36H,4,7-11,14-15H2,1H3. The van der Waals surface area contributed by atoms with Crippen molar-refractivity contribution < 1.29 is 31.1 Å². The summed E-state index contributed by atoms with van der Waals surface area (Å²) in [5.41, 5.74) is 2.50. The molecule has 0 bridgehead atoms. The molecule has 3 unspecified atom stereocenters. The van der Waals surface area contributed by atoms with Crippen molar-refractivity contribution in [1.29, 1.82) is 0 Å². The quantitative estimate of drug-likeness (QED) is 0.322. The van der Waals surface area contributed by atoms with E-state index in [-0.39, 0.29) is 17.5 Å². The third-order valence-corrected chi connectivity index (χ3v) is 7.49. The van der Waals surface area contributed by atoms with Crippen molar-refractivity contribution in [2.75, 3.05) is 38.2 Å². The highest BCUT2D eigenvalue weighted by Gasteiger charge is 2.43. The summed E-state index contributed by atoms with van der Waals surface area (Å²) in [5, 5.41) is 4.14. The molecule has 6 nitrogen and oxygen atoms in total. The molecule has 39 heavy (non-hydrogen) atoms. The van der Waals surface area contributed by atoms with Gasteiger partial charge in [-0.25, -0.2) is 0 Å². The molecule has 0 spiro atoms. The Bertz CT molecular complexity index is 1280. The average molecular weight is 556 g/mol. The summed E-state index contributed by atoms with van der Waals surface area (Å²) in [6.45, 7) is -1.06. The van der Waals surface area contributed by atoms with E-state index in [2.05, 4.69) is 20.2 Å². The largest absolute Gasteiger partial charge is 0.433 e. The molecule has 2 aromatic heterocycles. The van der Waals surface area contributed by atoms with Crippen LogP contribution in [0.15, 0.2) is 36.5 Å². The number of aromatic amines is 1. The number of H-pyrrole nitrogens is 1. The van der Waals surface area contributed by atoms with Crippen molar-refractivity contribution in [2.24, 2.45) is 0 Å². The van der Waals surface area contributed by atoms with Crippen LogP contribution >= 0.6 is 0 Å². The summed E-state index contributed by atoms with van der Waals surface area (Å²) in [5.74, 6) is -0.279. The van der Waals surface area contributed by atoms with Crippen molar-refractivity contribution in [3.8, 4) is 5.75 Å². The number of anilines is 1. The van der Waals surface area contributed by atoms with Gasteiger partial charge in [0.25, 0.3) is 0 Å². The molecule has 3 aromatic rings. The number of likely N-dealkylation sites (tertiary alicyclic amines) is 1. The molecule has 4 heterocycles. The van der Waals surface area contributed by atoms with Gasteiger partial charge in [-0.15, -0.1) is 0 Å². The molecule has 3 atom stereocenters. The molecule has 1 saturated heterocycles. The lowest BCUT2D eigenvalue weighted by Crippen LogP contribution is -2.47. The van der Waals surface area contributed by atoms with Gasteiger partial charge in [0.05, 0.1) is 31.1 Å². The van der Waals surface area contributed by atoms with E-state index in [0.29, 0.717) is 37.3 Å². The molecule has 1 aromatic carbocycles. The van der Waals surface area contributed by atoms with Gasteiger partial charge in [-0.2, -0.15) is 22.0 Å². The normalized spacial score (nSPS) is 22.5. The Balaban J connectivity index is 1.53. The number of alkyl halides is 6. The molecule has 1 fully saturated rings. The number of pyridine rings is 1. The van der Waals surface area contributed by atoms with Crippen LogP contribution in [0.4, 0.5) is 32.0 Å². The van der Waals surface area contributed by atoms with E-state index in [9.17, 15) is 26.3 Å². The van der Waals surface area contributed by atoms with E-state index in [1.807, 2.05) is 24.3 Å². The Labute approximate surface area is 222 Å². The first-order valence-electron chi connectivity index (χ1n) is 13.0. The highest BCUT2D eigenvalue weighted by molar-refractivity contribution is 5.85. The minimum Gasteiger partial charge on any atom is -0.433 e. The highest BCUT2D eigenvalue weighted by Crippen LogP contribution is 2.44. The van der Waals surface area contributed by atoms with Crippen LogP contribution in [0.25, 0.3) is 10.9 Å². The monoisotopic (exact) mass is 555 g/mol. The van der Waals surface area contributed by atoms with E-state index in [4.69, 9.17) is 4.74 Å². The lowest BCUT2D eigenvalue weighted by Gasteiger charge is -2.41. The Morgan fingerprint density at radius 2 is 2.03 bits per heavy atom. The Hall–Kier alpha value is -2.99. The van der Waals surface area contributed by atoms with Gasteiger partial charge in [0.2, 0.25) is 0 Å². The van der Waals surface area contributed by atoms with Gasteiger partial charge in [0.1, 0.15) is 5.69 Å². The number of aromatic nitrogens is 2. The third kappa shape index (κ3) is 6.11. The molecule has 2 aliphatic heterocycles. The average Bonchev–Trinajstić information content (AvgIpc) is 3.47. The molecule has 0 saturated carbocycles. The summed E-state index contributed by atoms with van der Waals surface area (Å²) < 4.78 is 85.8. The zero-order valence-corrected chi connectivity index (χ0v) is 21.4. The molecule has 212 valence electrons. The van der Waals surface area contributed by atoms with Crippen LogP contribution in [-0.2, 0) is 6.42 Å². The molecule has 0 amide bonds. The molecule has 5 rings (SSSR count). The number of nitrogens with zero attached hydrogens (tertiary/aromatic N) is 3. The summed E-state index contributed by atoms with van der Waals surface area (Å²) in [6, 6.07) is 7.15. The summed E-state index contributed by atoms with van der Waals surface area (Å²) in [6.07, 6.45) is -1.49. The fourth-order valence-corrected chi connectivity index (χ4v) is 5.86. The van der Waals surface area contributed by atoms with Crippen LogP contribution in [0.3, 0.4) is 0 Å². The first-order chi connectivity index (χ1) is 18.6. The highest BCUT2D eigenvalue weighted by atomic mass is 19.4. The van der Waals surface area contributed by atoms with E-state index in [1.165, 1.54) is 17.2 Å². The van der Waals surface area contributed by atoms with Crippen LogP contribution in [-0.4, -0.2) is 77.5 Å². The smallest absolute Gasteiger partial charge is 0.401 e. The van der Waals surface area contributed by atoms with Gasteiger partial charge in [-0.3, -0.25) is 14.3 Å². The number of rotatable bonds is 9. The summed E-state index contributed by atoms with van der Waals surface area (Å²) in [7, 11) is 0. The first kappa shape index (κ1) is 27.6. The number of hydrogen-bond donors (Lipinski definition) is 2. The van der Waals surface area contributed by atoms with Gasteiger partial charge in [-0.1, -0.05) is 18.2 Å². The maximum absolute atomic E-state index is 13.7. The zero-order valence-electron chi connectivity index (χ0n) is 21.4. The van der Waals surface area contributed by atoms with Gasteiger partial charge in [0, 0.05) is 54.4 Å². The number of para-hydroxylation sites is 1. The van der Waals surface area contributed by atoms with Crippen LogP contribution < -0.4 is 10.1 Å². The zero-order chi connectivity index (χ0) is 27.7. The molecular weight excluding hydrogens is 524 g/mol. The first-order valence-corrected chi connectivity index (χ1v) is 13.0. The summed E-state index contributed by atoms with van der Waals surface area (Å²) in [4.78, 5) is 11.0. The van der Waals surface area contributed by atoms with Crippen LogP contribution in [0, 0.1) is 0 Å². The van der Waals surface area contributed by atoms with Gasteiger partial charge in [0.15, 0.2) is 5.75 Å². The van der Waals surface area contributed by atoms with E-state index in [1.54, 1.807) is 6.92 Å². The number of fused-ring (bicyclic) bond motifs is 3. The van der Waals surface area contributed by atoms with Crippen LogP contribution in [0.2, 0.25) is 0 Å². The molecule has 12 heteroatoms. The van der Waals surface area contributed by atoms with Gasteiger partial charge < -0.3 is 19.9 Å². The third-order valence-electron chi connectivity index (χ3n) is 7.49. The number of benzene rings is 1. The van der Waals surface area contributed by atoms with Crippen molar-refractivity contribution in [3.63, 3.8) is 0 Å². The summed E-state index contributed by atoms with van der Waals surface area (Å²) >= 11 is 0. The second-order valence-corrected chi connectivity index (χ2v) is 10.3. The van der Waals surface area contributed by atoms with E-state index < -0.39 is 38.1 Å². The Kier molecular flexibility index (Phi) is 7.95. The van der Waals surface area contributed by atoms with Crippen molar-refractivity contribution in [3.05, 3.63) is 53.5 Å². The van der Waals surface area contributed by atoms with Crippen LogP contribution in [0.1, 0.15) is 42.8 Å². The second-order valence-electron chi connectivity index (χ2n) is 10.3. The van der Waals surface area contributed by atoms with Crippen molar-refractivity contribution in [1.82, 2.24) is 19.8 Å². The minimum atomic E-state index is -4.52. The lowest BCUT2D eigenvalue weighted by molar-refractivity contribution is -0.156. The van der Waals surface area contributed by atoms with Gasteiger partial charge in [-0.05, 0) is 37.8 Å². The van der Waals surface area contributed by atoms with Crippen LogP contribution in [0.5, 0.6) is 5.75 Å². The molecule has 0 aliphatic carbocycles. The number of ether oxygens (including phenoxy) is 1. The maximum atomic E-state index is 13.7. The van der Waals surface area contributed by atoms with E-state index in [0.717, 1.165) is 29.4 Å². The molecular formula is C27H31F6N5O. The minimum absolute atomic E-state index is 0.00611. The number of hydrogen-bond acceptors (Lipinski definition) is 5. The topological polar surface area (TPSA) is 56.4 Å². The van der Waals surface area contributed by atoms with Crippen molar-refractivity contribution in [2.45, 2.75) is 57.1 Å². The Morgan fingerprint density at radius 1 is 1.23 bits per heavy atom. The second kappa shape index (κ2) is 11.2. The molecule has 0 radical (unpaired) electrons. The number of halogens is 6. The van der Waals surface area contributed by atoms with Crippen molar-refractivity contribution >= 4 is 16.6 Å². The fourth-order valence-electron chi connectivity index (χ4n) is 5.86. The van der Waals surface area contributed by atoms with E-state index >= 15 is 0 Å². The Morgan fingerprint density at radius 3 is 2.77 bits per heavy atom. The number of nitrogens with one attached hydrogen (secondary N) is 2. The van der Waals surface area contributed by atoms with Gasteiger partial charge >= 0.3 is 12.8 Å². The predicted molar refractivity (Wildman–Crippen MR) is 136 cm³/mol. The maximum Gasteiger partial charge on any atom is 0.401 e. The molecule has 2 N–H and O–H groups in total. The predicted octanol–water partition coefficient (Wildman–Crippen LogP) is 5.91. The fraction of sp³-hybridized carbons (Fsp3) is 0.519.